The van der Waals surface area contributed by atoms with Gasteiger partial charge in [0.2, 0.25) is 5.91 Å². The molecule has 2 aliphatic carbocycles. The smallest absolute Gasteiger partial charge is 0.279 e. The summed E-state index contributed by atoms with van der Waals surface area (Å²) in [7, 11) is -2.22. The lowest BCUT2D eigenvalue weighted by atomic mass is 9.87. The number of aryl methyl sites for hydroxylation is 2. The molecule has 0 aliphatic heterocycles. The van der Waals surface area contributed by atoms with E-state index in [9.17, 15) is 13.2 Å². The van der Waals surface area contributed by atoms with Crippen molar-refractivity contribution in [3.8, 4) is 0 Å². The van der Waals surface area contributed by atoms with Gasteiger partial charge >= 0.3 is 0 Å². The summed E-state index contributed by atoms with van der Waals surface area (Å²) in [5, 5.41) is 0.0782. The highest BCUT2D eigenvalue weighted by Gasteiger charge is 2.32. The van der Waals surface area contributed by atoms with Crippen LogP contribution >= 0.6 is 0 Å². The Kier molecular flexibility index (Phi) is 3.87. The summed E-state index contributed by atoms with van der Waals surface area (Å²) in [6, 6.07) is 3.10. The topological polar surface area (TPSA) is 94.0 Å². The molecule has 4 rings (SSSR count). The molecule has 0 bridgehead atoms. The molecular formula is C17H20N4O3S. The monoisotopic (exact) mass is 360 g/mol. The third-order valence-electron chi connectivity index (χ3n) is 4.89. The van der Waals surface area contributed by atoms with E-state index in [4.69, 9.17) is 0 Å². The van der Waals surface area contributed by atoms with Crippen molar-refractivity contribution < 1.29 is 13.2 Å². The van der Waals surface area contributed by atoms with E-state index in [0.29, 0.717) is 25.2 Å². The molecule has 1 N–H and O–H groups in total. The lowest BCUT2D eigenvalue weighted by Gasteiger charge is -2.23. The van der Waals surface area contributed by atoms with Crippen LogP contribution in [0, 0.1) is 5.92 Å². The third kappa shape index (κ3) is 3.18. The van der Waals surface area contributed by atoms with Crippen LogP contribution in [0.5, 0.6) is 0 Å². The molecule has 25 heavy (non-hydrogen) atoms. The quantitative estimate of drug-likeness (QED) is 0.887. The molecule has 2 aliphatic rings. The molecule has 1 saturated carbocycles. The summed E-state index contributed by atoms with van der Waals surface area (Å²) < 4.78 is 28.4. The van der Waals surface area contributed by atoms with E-state index in [2.05, 4.69) is 14.7 Å². The molecule has 0 aromatic carbocycles. The third-order valence-corrected chi connectivity index (χ3v) is 6.33. The van der Waals surface area contributed by atoms with Crippen LogP contribution in [0.2, 0.25) is 0 Å². The van der Waals surface area contributed by atoms with Crippen LogP contribution in [0.1, 0.15) is 42.3 Å². The normalized spacial score (nSPS) is 20.1. The average Bonchev–Trinajstić information content (AvgIpc) is 3.34. The van der Waals surface area contributed by atoms with Gasteiger partial charge in [0.05, 0.1) is 0 Å². The van der Waals surface area contributed by atoms with Crippen molar-refractivity contribution in [3.63, 3.8) is 0 Å². The molecule has 1 unspecified atom stereocenters. The Bertz CT molecular complexity index is 931. The summed E-state index contributed by atoms with van der Waals surface area (Å²) in [4.78, 5) is 21.5. The van der Waals surface area contributed by atoms with Gasteiger partial charge in [0.15, 0.2) is 5.03 Å². The van der Waals surface area contributed by atoms with E-state index in [-0.39, 0.29) is 10.9 Å². The SMILES string of the molecule is Cn1cccc1S(=O)(=O)NC(=O)C1CCc2nc(C3CC3)ncc2C1. The molecule has 2 aromatic heterocycles. The molecule has 7 nitrogen and oxygen atoms in total. The molecule has 1 fully saturated rings. The number of amides is 1. The number of fused-ring (bicyclic) bond motifs is 1. The Morgan fingerprint density at radius 3 is 2.80 bits per heavy atom. The van der Waals surface area contributed by atoms with Gasteiger partial charge in [0.1, 0.15) is 5.82 Å². The minimum absolute atomic E-state index is 0.0782. The van der Waals surface area contributed by atoms with Crippen LogP contribution in [-0.2, 0) is 34.7 Å². The highest BCUT2D eigenvalue weighted by molar-refractivity contribution is 7.90. The highest BCUT2D eigenvalue weighted by Crippen LogP contribution is 2.38. The predicted molar refractivity (Wildman–Crippen MR) is 90.3 cm³/mol. The van der Waals surface area contributed by atoms with Gasteiger partial charge in [0.25, 0.3) is 10.0 Å². The van der Waals surface area contributed by atoms with Crippen molar-refractivity contribution in [2.45, 2.75) is 43.0 Å². The number of nitrogens with zero attached hydrogens (tertiary/aromatic N) is 3. The van der Waals surface area contributed by atoms with Gasteiger partial charge in [-0.3, -0.25) is 4.79 Å². The molecule has 1 amide bonds. The number of hydrogen-bond donors (Lipinski definition) is 1. The number of sulfonamides is 1. The number of nitrogens with one attached hydrogen (secondary N) is 1. The fraction of sp³-hybridized carbons (Fsp3) is 0.471. The molecule has 1 atom stereocenters. The molecular weight excluding hydrogens is 340 g/mol. The van der Waals surface area contributed by atoms with Gasteiger partial charge in [-0.25, -0.2) is 14.7 Å². The number of carbonyl (C=O) groups excluding carboxylic acids is 1. The second-order valence-electron chi connectivity index (χ2n) is 6.84. The van der Waals surface area contributed by atoms with Crippen LogP contribution in [0.4, 0.5) is 0 Å². The van der Waals surface area contributed by atoms with Crippen LogP contribution in [0.25, 0.3) is 0 Å². The van der Waals surface area contributed by atoms with Crippen LogP contribution in [0.3, 0.4) is 0 Å². The highest BCUT2D eigenvalue weighted by atomic mass is 32.2. The van der Waals surface area contributed by atoms with Crippen molar-refractivity contribution in [1.29, 1.82) is 0 Å². The zero-order valence-corrected chi connectivity index (χ0v) is 14.8. The van der Waals surface area contributed by atoms with Gasteiger partial charge in [0, 0.05) is 37.0 Å². The Balaban J connectivity index is 1.48. The number of aromatic nitrogens is 3. The summed E-state index contributed by atoms with van der Waals surface area (Å²) in [6.07, 6.45) is 7.50. The van der Waals surface area contributed by atoms with Crippen LogP contribution in [-0.4, -0.2) is 28.9 Å². The van der Waals surface area contributed by atoms with Crippen LogP contribution in [0.15, 0.2) is 29.6 Å². The second kappa shape index (κ2) is 5.94. The fourth-order valence-electron chi connectivity index (χ4n) is 3.28. The molecule has 0 saturated heterocycles. The Hall–Kier alpha value is -2.22. The number of rotatable bonds is 4. The number of hydrogen-bond acceptors (Lipinski definition) is 5. The van der Waals surface area contributed by atoms with Gasteiger partial charge in [-0.05, 0) is 49.8 Å². The van der Waals surface area contributed by atoms with E-state index in [1.807, 2.05) is 0 Å². The van der Waals surface area contributed by atoms with E-state index in [0.717, 1.165) is 29.9 Å². The lowest BCUT2D eigenvalue weighted by Crippen LogP contribution is -2.38. The first-order chi connectivity index (χ1) is 11.9. The first kappa shape index (κ1) is 16.3. The largest absolute Gasteiger partial charge is 0.340 e. The molecule has 0 spiro atoms. The standard InChI is InChI=1S/C17H20N4O3S/c1-21-8-2-3-15(21)25(23,24)20-17(22)12-6-7-14-13(9-12)10-18-16(19-14)11-4-5-11/h2-3,8,10-12H,4-7,9H2,1H3,(H,20,22). The average molecular weight is 360 g/mol. The molecule has 2 aromatic rings. The summed E-state index contributed by atoms with van der Waals surface area (Å²) in [5.74, 6) is 0.575. The first-order valence-corrected chi connectivity index (χ1v) is 9.95. The zero-order chi connectivity index (χ0) is 17.6. The van der Waals surface area contributed by atoms with Gasteiger partial charge in [-0.1, -0.05) is 0 Å². The minimum Gasteiger partial charge on any atom is -0.340 e. The summed E-state index contributed by atoms with van der Waals surface area (Å²) >= 11 is 0. The fourth-order valence-corrected chi connectivity index (χ4v) is 4.51. The Labute approximate surface area is 146 Å². The zero-order valence-electron chi connectivity index (χ0n) is 14.0. The first-order valence-electron chi connectivity index (χ1n) is 8.47. The maximum atomic E-state index is 12.5. The number of carbonyl (C=O) groups is 1. The molecule has 8 heteroatoms. The summed E-state index contributed by atoms with van der Waals surface area (Å²) in [6.45, 7) is 0. The second-order valence-corrected chi connectivity index (χ2v) is 8.47. The van der Waals surface area contributed by atoms with Crippen molar-refractivity contribution in [1.82, 2.24) is 19.3 Å². The Morgan fingerprint density at radius 2 is 2.12 bits per heavy atom. The Morgan fingerprint density at radius 1 is 1.32 bits per heavy atom. The predicted octanol–water partition coefficient (Wildman–Crippen LogP) is 1.30. The van der Waals surface area contributed by atoms with Gasteiger partial charge in [-0.2, -0.15) is 8.42 Å². The molecule has 0 radical (unpaired) electrons. The van der Waals surface area contributed by atoms with E-state index < -0.39 is 15.9 Å². The van der Waals surface area contributed by atoms with Gasteiger partial charge < -0.3 is 4.57 Å². The van der Waals surface area contributed by atoms with E-state index in [1.54, 1.807) is 25.5 Å². The maximum absolute atomic E-state index is 12.5. The minimum atomic E-state index is -3.85. The molecule has 132 valence electrons. The van der Waals surface area contributed by atoms with Crippen molar-refractivity contribution >= 4 is 15.9 Å². The lowest BCUT2D eigenvalue weighted by molar-refractivity contribution is -0.123. The summed E-state index contributed by atoms with van der Waals surface area (Å²) in [5.41, 5.74) is 1.96. The molecule has 2 heterocycles. The van der Waals surface area contributed by atoms with Crippen LogP contribution < -0.4 is 4.72 Å². The van der Waals surface area contributed by atoms with Crippen molar-refractivity contribution in [3.05, 3.63) is 41.6 Å². The van der Waals surface area contributed by atoms with E-state index in [1.165, 1.54) is 10.6 Å². The van der Waals surface area contributed by atoms with Gasteiger partial charge in [-0.15, -0.1) is 0 Å². The van der Waals surface area contributed by atoms with Crippen molar-refractivity contribution in [2.24, 2.45) is 13.0 Å². The van der Waals surface area contributed by atoms with E-state index >= 15 is 0 Å². The van der Waals surface area contributed by atoms with Crippen molar-refractivity contribution in [2.75, 3.05) is 0 Å². The maximum Gasteiger partial charge on any atom is 0.279 e.